The molecule has 3 nitrogen and oxygen atoms in total. The van der Waals surface area contributed by atoms with E-state index >= 15 is 0 Å². The lowest BCUT2D eigenvalue weighted by atomic mass is 10.1. The molecule has 0 saturated carbocycles. The van der Waals surface area contributed by atoms with E-state index < -0.39 is 0 Å². The van der Waals surface area contributed by atoms with Crippen LogP contribution >= 0.6 is 0 Å². The Morgan fingerprint density at radius 3 is 2.52 bits per heavy atom. The lowest BCUT2D eigenvalue weighted by molar-refractivity contribution is -0.633. The molecule has 3 aromatic carbocycles. The summed E-state index contributed by atoms with van der Waals surface area (Å²) in [5.74, 6) is 1.17. The van der Waals surface area contributed by atoms with E-state index in [9.17, 15) is 0 Å². The molecular weight excluding hydrogens is 330 g/mol. The highest BCUT2D eigenvalue weighted by Crippen LogP contribution is 2.31. The van der Waals surface area contributed by atoms with Crippen molar-refractivity contribution in [1.82, 2.24) is 9.55 Å². The first-order valence-corrected chi connectivity index (χ1v) is 9.15. The Balaban J connectivity index is 1.98. The number of pyridine rings is 1. The minimum Gasteiger partial charge on any atom is -0.256 e. The fourth-order valence-corrected chi connectivity index (χ4v) is 3.97. The second-order valence-electron chi connectivity index (χ2n) is 6.87. The van der Waals surface area contributed by atoms with Gasteiger partial charge in [-0.1, -0.05) is 36.4 Å². The highest BCUT2D eigenvalue weighted by Gasteiger charge is 2.27. The largest absolute Gasteiger partial charge is 0.295 e. The number of fused-ring (bicyclic) bond motifs is 2. The second kappa shape index (κ2) is 6.06. The van der Waals surface area contributed by atoms with Crippen LogP contribution in [0.25, 0.3) is 39.0 Å². The highest BCUT2D eigenvalue weighted by atomic mass is 15.2. The first kappa shape index (κ1) is 15.8. The molecular formula is C24H20N3+. The zero-order valence-corrected chi connectivity index (χ0v) is 15.4. The molecule has 5 rings (SSSR count). The van der Waals surface area contributed by atoms with Crippen molar-refractivity contribution in [2.45, 2.75) is 6.92 Å². The van der Waals surface area contributed by atoms with E-state index in [-0.39, 0.29) is 0 Å². The fourth-order valence-electron chi connectivity index (χ4n) is 3.97. The van der Waals surface area contributed by atoms with Crippen LogP contribution in [0, 0.1) is 6.92 Å². The van der Waals surface area contributed by atoms with Crippen LogP contribution in [0.2, 0.25) is 0 Å². The monoisotopic (exact) mass is 350 g/mol. The molecule has 0 spiro atoms. The summed E-state index contributed by atoms with van der Waals surface area (Å²) in [6.07, 6.45) is 1.85. The zero-order chi connectivity index (χ0) is 18.4. The molecule has 0 aliphatic carbocycles. The SMILES string of the molecule is Cc1ccccc1-c1n(-c2cccc3ncccc23)c2ccccc2[n+]1C. The number of hydrogen-bond acceptors (Lipinski definition) is 1. The minimum atomic E-state index is 1.01. The Morgan fingerprint density at radius 2 is 1.63 bits per heavy atom. The van der Waals surface area contributed by atoms with Crippen LogP contribution in [0.15, 0.2) is 85.1 Å². The van der Waals surface area contributed by atoms with Gasteiger partial charge in [-0.2, -0.15) is 4.57 Å². The Bertz CT molecular complexity index is 1290. The smallest absolute Gasteiger partial charge is 0.256 e. The molecule has 0 radical (unpaired) electrons. The van der Waals surface area contributed by atoms with Gasteiger partial charge in [0, 0.05) is 11.6 Å². The third-order valence-electron chi connectivity index (χ3n) is 5.26. The number of aryl methyl sites for hydroxylation is 2. The Kier molecular flexibility index (Phi) is 3.54. The second-order valence-corrected chi connectivity index (χ2v) is 6.87. The van der Waals surface area contributed by atoms with E-state index in [2.05, 4.69) is 101 Å². The van der Waals surface area contributed by atoms with Crippen LogP contribution in [0.3, 0.4) is 0 Å². The van der Waals surface area contributed by atoms with Crippen LogP contribution in [0.5, 0.6) is 0 Å². The molecule has 0 unspecified atom stereocenters. The van der Waals surface area contributed by atoms with Crippen molar-refractivity contribution in [2.75, 3.05) is 0 Å². The Labute approximate surface area is 158 Å². The molecule has 0 aliphatic heterocycles. The molecule has 0 amide bonds. The first-order chi connectivity index (χ1) is 13.3. The average molecular weight is 350 g/mol. The summed E-state index contributed by atoms with van der Waals surface area (Å²) in [5, 5.41) is 1.15. The van der Waals surface area contributed by atoms with Crippen molar-refractivity contribution in [3.05, 3.63) is 90.6 Å². The third-order valence-corrected chi connectivity index (χ3v) is 5.26. The quantitative estimate of drug-likeness (QED) is 0.412. The number of benzene rings is 3. The maximum atomic E-state index is 4.55. The van der Waals surface area contributed by atoms with Crippen molar-refractivity contribution in [1.29, 1.82) is 0 Å². The molecule has 2 heterocycles. The topological polar surface area (TPSA) is 21.7 Å². The predicted octanol–water partition coefficient (Wildman–Crippen LogP) is 4.98. The zero-order valence-electron chi connectivity index (χ0n) is 15.4. The molecule has 130 valence electrons. The fraction of sp³-hybridized carbons (Fsp3) is 0.0833. The maximum absolute atomic E-state index is 4.55. The van der Waals surface area contributed by atoms with Crippen molar-refractivity contribution in [3.8, 4) is 17.1 Å². The summed E-state index contributed by atoms with van der Waals surface area (Å²) in [7, 11) is 2.14. The van der Waals surface area contributed by atoms with Crippen LogP contribution in [-0.2, 0) is 7.05 Å². The molecule has 3 heteroatoms. The van der Waals surface area contributed by atoms with E-state index in [4.69, 9.17) is 0 Å². The summed E-state index contributed by atoms with van der Waals surface area (Å²) in [6.45, 7) is 2.17. The van der Waals surface area contributed by atoms with Gasteiger partial charge in [-0.3, -0.25) is 4.98 Å². The van der Waals surface area contributed by atoms with Gasteiger partial charge in [-0.15, -0.1) is 0 Å². The number of imidazole rings is 1. The van der Waals surface area contributed by atoms with Crippen molar-refractivity contribution in [2.24, 2.45) is 7.05 Å². The standard InChI is InChI=1S/C24H20N3/c1-17-9-3-4-10-18(17)24-26(2)22-13-5-6-14-23(22)27(24)21-15-7-12-20-19(21)11-8-16-25-20/h3-16H,1-2H3/q+1. The molecule has 0 bridgehead atoms. The number of nitrogens with zero attached hydrogens (tertiary/aromatic N) is 3. The Hall–Kier alpha value is -3.46. The van der Waals surface area contributed by atoms with Gasteiger partial charge in [0.15, 0.2) is 11.0 Å². The number of hydrogen-bond donors (Lipinski definition) is 0. The lowest BCUT2D eigenvalue weighted by Gasteiger charge is -2.08. The van der Waals surface area contributed by atoms with Crippen molar-refractivity contribution in [3.63, 3.8) is 0 Å². The van der Waals surface area contributed by atoms with Crippen LogP contribution in [0.4, 0.5) is 0 Å². The predicted molar refractivity (Wildman–Crippen MR) is 110 cm³/mol. The number of aromatic nitrogens is 3. The first-order valence-electron chi connectivity index (χ1n) is 9.15. The molecule has 0 N–H and O–H groups in total. The molecule has 2 aromatic heterocycles. The summed E-state index contributed by atoms with van der Waals surface area (Å²) < 4.78 is 4.65. The highest BCUT2D eigenvalue weighted by molar-refractivity contribution is 5.91. The van der Waals surface area contributed by atoms with E-state index in [0.717, 1.165) is 16.6 Å². The number of para-hydroxylation sites is 2. The van der Waals surface area contributed by atoms with Crippen molar-refractivity contribution >= 4 is 21.9 Å². The lowest BCUT2D eigenvalue weighted by Crippen LogP contribution is -2.30. The summed E-state index contributed by atoms with van der Waals surface area (Å²) in [6, 6.07) is 27.6. The van der Waals surface area contributed by atoms with E-state index in [1.54, 1.807) is 0 Å². The van der Waals surface area contributed by atoms with Gasteiger partial charge in [-0.25, -0.2) is 4.57 Å². The minimum absolute atomic E-state index is 1.01. The van der Waals surface area contributed by atoms with Gasteiger partial charge in [0.2, 0.25) is 0 Å². The van der Waals surface area contributed by atoms with Crippen LogP contribution < -0.4 is 4.57 Å². The van der Waals surface area contributed by atoms with Gasteiger partial charge < -0.3 is 0 Å². The normalized spacial score (nSPS) is 11.3. The Morgan fingerprint density at radius 1 is 0.815 bits per heavy atom. The van der Waals surface area contributed by atoms with Crippen molar-refractivity contribution < 1.29 is 4.57 Å². The third kappa shape index (κ3) is 2.36. The average Bonchev–Trinajstić information content (AvgIpc) is 3.00. The molecule has 0 atom stereocenters. The van der Waals surface area contributed by atoms with Crippen LogP contribution in [-0.4, -0.2) is 9.55 Å². The van der Waals surface area contributed by atoms with Crippen LogP contribution in [0.1, 0.15) is 5.56 Å². The summed E-state index contributed by atoms with van der Waals surface area (Å²) in [4.78, 5) is 4.55. The van der Waals surface area contributed by atoms with E-state index in [1.165, 1.54) is 28.0 Å². The summed E-state index contributed by atoms with van der Waals surface area (Å²) >= 11 is 0. The van der Waals surface area contributed by atoms with Gasteiger partial charge in [0.05, 0.1) is 18.1 Å². The van der Waals surface area contributed by atoms with Gasteiger partial charge in [-0.05, 0) is 55.0 Å². The maximum Gasteiger partial charge on any atom is 0.295 e. The number of rotatable bonds is 2. The van der Waals surface area contributed by atoms with Gasteiger partial charge >= 0.3 is 0 Å². The molecule has 5 aromatic rings. The molecule has 0 aliphatic rings. The molecule has 0 saturated heterocycles. The molecule has 27 heavy (non-hydrogen) atoms. The van der Waals surface area contributed by atoms with E-state index in [0.29, 0.717) is 0 Å². The van der Waals surface area contributed by atoms with E-state index in [1.807, 2.05) is 12.3 Å². The van der Waals surface area contributed by atoms with Gasteiger partial charge in [0.25, 0.3) is 5.82 Å². The summed E-state index contributed by atoms with van der Waals surface area (Å²) in [5.41, 5.74) is 7.04. The molecule has 0 fully saturated rings. The van der Waals surface area contributed by atoms with Gasteiger partial charge in [0.1, 0.15) is 5.69 Å².